The summed E-state index contributed by atoms with van der Waals surface area (Å²) in [5.41, 5.74) is 2.61. The zero-order valence-electron chi connectivity index (χ0n) is 12.2. The summed E-state index contributed by atoms with van der Waals surface area (Å²) in [5.74, 6) is 1.93. The molecule has 110 valence electrons. The number of rotatable bonds is 4. The van der Waals surface area contributed by atoms with Crippen molar-refractivity contribution < 1.29 is 4.74 Å². The summed E-state index contributed by atoms with van der Waals surface area (Å²) in [5, 5.41) is 1.02. The van der Waals surface area contributed by atoms with E-state index in [0.29, 0.717) is 0 Å². The molecule has 1 fully saturated rings. The van der Waals surface area contributed by atoms with Crippen LogP contribution in [0.15, 0.2) is 41.7 Å². The maximum atomic E-state index is 5.38. The fraction of sp³-hybridized carbons (Fsp3) is 0.375. The minimum Gasteiger partial charge on any atom is -0.378 e. The van der Waals surface area contributed by atoms with Gasteiger partial charge in [-0.1, -0.05) is 29.8 Å². The van der Waals surface area contributed by atoms with E-state index in [0.717, 1.165) is 42.9 Å². The zero-order chi connectivity index (χ0) is 14.5. The average Bonchev–Trinajstić information content (AvgIpc) is 2.55. The van der Waals surface area contributed by atoms with Crippen molar-refractivity contribution in [1.29, 1.82) is 0 Å². The van der Waals surface area contributed by atoms with Crippen LogP contribution in [0.1, 0.15) is 11.1 Å². The normalized spacial score (nSPS) is 15.2. The number of hydrogen-bond acceptors (Lipinski definition) is 5. The van der Waals surface area contributed by atoms with Crippen LogP contribution < -0.4 is 4.90 Å². The molecule has 3 rings (SSSR count). The summed E-state index contributed by atoms with van der Waals surface area (Å²) in [4.78, 5) is 11.0. The van der Waals surface area contributed by atoms with E-state index >= 15 is 0 Å². The van der Waals surface area contributed by atoms with Gasteiger partial charge in [-0.2, -0.15) is 0 Å². The van der Waals surface area contributed by atoms with Crippen molar-refractivity contribution in [1.82, 2.24) is 9.97 Å². The van der Waals surface area contributed by atoms with Crippen LogP contribution in [0.3, 0.4) is 0 Å². The van der Waals surface area contributed by atoms with Gasteiger partial charge in [0.25, 0.3) is 0 Å². The highest BCUT2D eigenvalue weighted by molar-refractivity contribution is 7.98. The summed E-state index contributed by atoms with van der Waals surface area (Å²) < 4.78 is 5.38. The molecule has 0 radical (unpaired) electrons. The molecule has 0 saturated carbocycles. The molecule has 1 aliphatic rings. The molecule has 0 unspecified atom stereocenters. The van der Waals surface area contributed by atoms with Gasteiger partial charge in [0.1, 0.15) is 17.2 Å². The second-order valence-electron chi connectivity index (χ2n) is 5.09. The fourth-order valence-electron chi connectivity index (χ4n) is 2.22. The lowest BCUT2D eigenvalue weighted by molar-refractivity contribution is 0.122. The maximum Gasteiger partial charge on any atom is 0.133 e. The number of aryl methyl sites for hydroxylation is 1. The van der Waals surface area contributed by atoms with Gasteiger partial charge < -0.3 is 9.64 Å². The Kier molecular flexibility index (Phi) is 4.72. The van der Waals surface area contributed by atoms with Gasteiger partial charge in [0.15, 0.2) is 0 Å². The summed E-state index contributed by atoms with van der Waals surface area (Å²) in [6.07, 6.45) is 1.66. The predicted molar refractivity (Wildman–Crippen MR) is 85.8 cm³/mol. The van der Waals surface area contributed by atoms with E-state index in [4.69, 9.17) is 4.74 Å². The monoisotopic (exact) mass is 301 g/mol. The average molecular weight is 301 g/mol. The molecular weight excluding hydrogens is 282 g/mol. The lowest BCUT2D eigenvalue weighted by Crippen LogP contribution is -2.36. The van der Waals surface area contributed by atoms with Gasteiger partial charge in [-0.15, -0.1) is 11.8 Å². The van der Waals surface area contributed by atoms with Gasteiger partial charge in [0.2, 0.25) is 0 Å². The number of thioether (sulfide) groups is 1. The summed E-state index contributed by atoms with van der Waals surface area (Å²) in [7, 11) is 0. The third kappa shape index (κ3) is 3.95. The molecule has 5 heteroatoms. The Morgan fingerprint density at radius 2 is 1.90 bits per heavy atom. The smallest absolute Gasteiger partial charge is 0.133 e. The highest BCUT2D eigenvalue weighted by atomic mass is 32.2. The van der Waals surface area contributed by atoms with Crippen molar-refractivity contribution in [2.45, 2.75) is 17.7 Å². The highest BCUT2D eigenvalue weighted by Gasteiger charge is 2.13. The Morgan fingerprint density at radius 1 is 1.14 bits per heavy atom. The first-order valence-corrected chi connectivity index (χ1v) is 8.13. The molecule has 21 heavy (non-hydrogen) atoms. The number of nitrogens with zero attached hydrogens (tertiary/aromatic N) is 3. The van der Waals surface area contributed by atoms with E-state index in [2.05, 4.69) is 52.1 Å². The third-order valence-corrected chi connectivity index (χ3v) is 4.47. The highest BCUT2D eigenvalue weighted by Crippen LogP contribution is 2.24. The summed E-state index contributed by atoms with van der Waals surface area (Å²) >= 11 is 1.75. The Hall–Kier alpha value is -1.59. The summed E-state index contributed by atoms with van der Waals surface area (Å²) in [6.45, 7) is 5.46. The molecule has 0 atom stereocenters. The number of morpholine rings is 1. The lowest BCUT2D eigenvalue weighted by Gasteiger charge is -2.27. The minimum atomic E-state index is 0.774. The summed E-state index contributed by atoms with van der Waals surface area (Å²) in [6, 6.07) is 10.7. The molecule has 0 spiro atoms. The Labute approximate surface area is 129 Å². The Bertz CT molecular complexity index is 582. The van der Waals surface area contributed by atoms with Crippen LogP contribution in [0.5, 0.6) is 0 Å². The molecule has 0 aliphatic carbocycles. The van der Waals surface area contributed by atoms with Gasteiger partial charge in [-0.25, -0.2) is 9.97 Å². The zero-order valence-corrected chi connectivity index (χ0v) is 13.0. The van der Waals surface area contributed by atoms with Crippen molar-refractivity contribution in [3.8, 4) is 0 Å². The largest absolute Gasteiger partial charge is 0.378 e. The van der Waals surface area contributed by atoms with Gasteiger partial charge in [-0.05, 0) is 12.5 Å². The Morgan fingerprint density at radius 3 is 2.67 bits per heavy atom. The van der Waals surface area contributed by atoms with E-state index < -0.39 is 0 Å². The Balaban J connectivity index is 1.64. The van der Waals surface area contributed by atoms with Crippen molar-refractivity contribution in [3.05, 3.63) is 47.8 Å². The lowest BCUT2D eigenvalue weighted by atomic mass is 10.2. The first kappa shape index (κ1) is 14.4. The van der Waals surface area contributed by atoms with E-state index in [-0.39, 0.29) is 0 Å². The van der Waals surface area contributed by atoms with Crippen molar-refractivity contribution >= 4 is 17.6 Å². The van der Waals surface area contributed by atoms with Crippen LogP contribution in [0.4, 0.5) is 5.82 Å². The van der Waals surface area contributed by atoms with Crippen molar-refractivity contribution in [2.75, 3.05) is 31.2 Å². The van der Waals surface area contributed by atoms with E-state index in [1.165, 1.54) is 11.1 Å². The number of aromatic nitrogens is 2. The molecule has 4 nitrogen and oxygen atoms in total. The maximum absolute atomic E-state index is 5.38. The number of hydrogen-bond donors (Lipinski definition) is 0. The van der Waals surface area contributed by atoms with Crippen LogP contribution in [0, 0.1) is 6.92 Å². The van der Waals surface area contributed by atoms with Crippen LogP contribution >= 0.6 is 11.8 Å². The van der Waals surface area contributed by atoms with Crippen LogP contribution in [-0.4, -0.2) is 36.3 Å². The van der Waals surface area contributed by atoms with Gasteiger partial charge in [0.05, 0.1) is 13.2 Å². The van der Waals surface area contributed by atoms with Crippen molar-refractivity contribution in [3.63, 3.8) is 0 Å². The molecule has 0 amide bonds. The van der Waals surface area contributed by atoms with Crippen LogP contribution in [0.25, 0.3) is 0 Å². The molecule has 1 saturated heterocycles. The molecule has 2 heterocycles. The molecular formula is C16H19N3OS. The number of ether oxygens (including phenoxy) is 1. The number of benzene rings is 1. The molecule has 1 aromatic carbocycles. The molecule has 1 aliphatic heterocycles. The first-order chi connectivity index (χ1) is 10.3. The second-order valence-corrected chi connectivity index (χ2v) is 6.08. The SMILES string of the molecule is Cc1ccc(CSc2cc(N3CCOCC3)ncn2)cc1. The molecule has 0 bridgehead atoms. The molecule has 2 aromatic rings. The van der Waals surface area contributed by atoms with Crippen molar-refractivity contribution in [2.24, 2.45) is 0 Å². The fourth-order valence-corrected chi connectivity index (χ4v) is 3.03. The predicted octanol–water partition coefficient (Wildman–Crippen LogP) is 2.91. The van der Waals surface area contributed by atoms with Crippen LogP contribution in [-0.2, 0) is 10.5 Å². The van der Waals surface area contributed by atoms with Gasteiger partial charge in [-0.3, -0.25) is 0 Å². The first-order valence-electron chi connectivity index (χ1n) is 7.14. The van der Waals surface area contributed by atoms with Crippen LogP contribution in [0.2, 0.25) is 0 Å². The standard InChI is InChI=1S/C16H19N3OS/c1-13-2-4-14(5-3-13)11-21-16-10-15(17-12-18-16)19-6-8-20-9-7-19/h2-5,10,12H,6-9,11H2,1H3. The second kappa shape index (κ2) is 6.91. The third-order valence-electron chi connectivity index (χ3n) is 3.47. The van der Waals surface area contributed by atoms with Gasteiger partial charge >= 0.3 is 0 Å². The van der Waals surface area contributed by atoms with E-state index in [1.807, 2.05) is 0 Å². The minimum absolute atomic E-state index is 0.774. The molecule has 1 aromatic heterocycles. The van der Waals surface area contributed by atoms with E-state index in [1.54, 1.807) is 18.1 Å². The topological polar surface area (TPSA) is 38.2 Å². The quantitative estimate of drug-likeness (QED) is 0.641. The van der Waals surface area contributed by atoms with E-state index in [9.17, 15) is 0 Å². The molecule has 0 N–H and O–H groups in total. The van der Waals surface area contributed by atoms with Gasteiger partial charge in [0, 0.05) is 24.9 Å². The number of anilines is 1.